The molecule has 4 aliphatic heterocycles. The topological polar surface area (TPSA) is 156 Å². The average molecular weight is 627 g/mol. The van der Waals surface area contributed by atoms with E-state index in [1.54, 1.807) is 35.0 Å². The zero-order chi connectivity index (χ0) is 31.8. The molecule has 0 aliphatic carbocycles. The number of carbonyl (C=O) groups excluding carboxylic acids is 4. The molecule has 0 unspecified atom stereocenters. The number of rotatable bonds is 5. The predicted octanol–water partition coefficient (Wildman–Crippen LogP) is 1.11. The molecule has 13 heteroatoms. The molecule has 2 N–H and O–H groups in total. The average Bonchev–Trinajstić information content (AvgIpc) is 3.82. The molecule has 13 nitrogen and oxygen atoms in total. The lowest BCUT2D eigenvalue weighted by atomic mass is 9.74. The fourth-order valence-corrected chi connectivity index (χ4v) is 7.08. The van der Waals surface area contributed by atoms with Gasteiger partial charge in [0.15, 0.2) is 0 Å². The monoisotopic (exact) mass is 626 g/mol. The van der Waals surface area contributed by atoms with Crippen molar-refractivity contribution >= 4 is 34.7 Å². The van der Waals surface area contributed by atoms with Gasteiger partial charge in [0, 0.05) is 19.5 Å². The van der Waals surface area contributed by atoms with E-state index in [4.69, 9.17) is 9.47 Å². The molecule has 4 aliphatic rings. The van der Waals surface area contributed by atoms with Crippen LogP contribution in [0, 0.1) is 11.8 Å². The maximum absolute atomic E-state index is 14.6. The van der Waals surface area contributed by atoms with Crippen molar-refractivity contribution in [3.63, 3.8) is 0 Å². The Balaban J connectivity index is 1.27. The Kier molecular flexibility index (Phi) is 7.87. The van der Waals surface area contributed by atoms with Gasteiger partial charge >= 0.3 is 5.97 Å². The Hall–Kier alpha value is -4.88. The highest BCUT2D eigenvalue weighted by Gasteiger charge is 2.73. The summed E-state index contributed by atoms with van der Waals surface area (Å²) >= 11 is 0. The van der Waals surface area contributed by atoms with E-state index < -0.39 is 53.5 Å². The van der Waals surface area contributed by atoms with E-state index in [0.717, 1.165) is 5.52 Å². The van der Waals surface area contributed by atoms with Crippen LogP contribution in [0.2, 0.25) is 0 Å². The number of hydrogen-bond donors (Lipinski definition) is 2. The fraction of sp³-hybridized carbons (Fsp3) is 0.394. The number of para-hydroxylation sites is 1. The number of likely N-dealkylation sites (tertiary alicyclic amines) is 1. The number of allylic oxidation sites excluding steroid dienone is 1. The maximum atomic E-state index is 14.6. The number of hydrogen-bond acceptors (Lipinski definition) is 9. The largest absolute Gasteiger partial charge is 0.455 e. The predicted molar refractivity (Wildman–Crippen MR) is 162 cm³/mol. The number of nitrogens with one attached hydrogen (secondary N) is 1. The molecule has 3 amide bonds. The summed E-state index contributed by atoms with van der Waals surface area (Å²) in [6.45, 7) is -0.301. The molecular weight excluding hydrogens is 592 g/mol. The number of aromatic nitrogens is 3. The lowest BCUT2D eigenvalue weighted by Gasteiger charge is -2.35. The number of aliphatic hydroxyl groups excluding tert-OH is 1. The van der Waals surface area contributed by atoms with Crippen molar-refractivity contribution in [3.05, 3.63) is 84.5 Å². The van der Waals surface area contributed by atoms with Crippen molar-refractivity contribution < 1.29 is 33.8 Å². The van der Waals surface area contributed by atoms with Crippen molar-refractivity contribution in [2.45, 2.75) is 43.4 Å². The summed E-state index contributed by atoms with van der Waals surface area (Å²) in [7, 11) is 0. The number of aliphatic hydroxyl groups is 1. The van der Waals surface area contributed by atoms with E-state index in [1.165, 1.54) is 9.80 Å². The molecule has 5 heterocycles. The zero-order valence-corrected chi connectivity index (χ0v) is 25.0. The number of benzene rings is 2. The highest BCUT2D eigenvalue weighted by atomic mass is 16.6. The van der Waals surface area contributed by atoms with Gasteiger partial charge in [-0.1, -0.05) is 72.0 Å². The maximum Gasteiger partial charge on any atom is 0.313 e. The van der Waals surface area contributed by atoms with Crippen molar-refractivity contribution in [1.82, 2.24) is 30.1 Å². The quantitative estimate of drug-likeness (QED) is 0.313. The molecule has 5 bridgehead atoms. The SMILES string of the molecule is O=C1CC/C=C\CN(Cn2nnc3ccccc32)C(=O)[C@H]2N(CCO)C(=O)[C@@H]3[C@@H](C(=O)O[C@@H](c4ccccc4)CN1)[C@H]1C=C[C@]32O1. The minimum atomic E-state index is -1.44. The highest BCUT2D eigenvalue weighted by Crippen LogP contribution is 2.55. The second-order valence-corrected chi connectivity index (χ2v) is 11.9. The highest BCUT2D eigenvalue weighted by molar-refractivity contribution is 5.99. The number of cyclic esters (lactones) is 1. The Morgan fingerprint density at radius 2 is 1.80 bits per heavy atom. The lowest BCUT2D eigenvalue weighted by Crippen LogP contribution is -2.56. The van der Waals surface area contributed by atoms with Crippen LogP contribution in [-0.2, 0) is 35.3 Å². The number of ether oxygens (including phenoxy) is 2. The van der Waals surface area contributed by atoms with E-state index in [9.17, 15) is 24.3 Å². The number of amides is 3. The molecule has 6 atom stereocenters. The summed E-state index contributed by atoms with van der Waals surface area (Å²) in [5.74, 6) is -3.84. The van der Waals surface area contributed by atoms with E-state index in [2.05, 4.69) is 15.6 Å². The van der Waals surface area contributed by atoms with Gasteiger partial charge in [0.2, 0.25) is 11.8 Å². The molecule has 238 valence electrons. The van der Waals surface area contributed by atoms with Gasteiger partial charge < -0.3 is 29.7 Å². The second kappa shape index (κ2) is 12.1. The molecule has 7 rings (SSSR count). The van der Waals surface area contributed by atoms with E-state index in [0.29, 0.717) is 17.5 Å². The fourth-order valence-electron chi connectivity index (χ4n) is 7.08. The Morgan fingerprint density at radius 3 is 2.63 bits per heavy atom. The summed E-state index contributed by atoms with van der Waals surface area (Å²) < 4.78 is 14.1. The van der Waals surface area contributed by atoms with Crippen molar-refractivity contribution in [1.29, 1.82) is 0 Å². The van der Waals surface area contributed by atoms with Gasteiger partial charge in [0.05, 0.1) is 30.7 Å². The third-order valence-corrected chi connectivity index (χ3v) is 9.20. The first-order chi connectivity index (χ1) is 22.4. The molecule has 46 heavy (non-hydrogen) atoms. The lowest BCUT2D eigenvalue weighted by molar-refractivity contribution is -0.160. The van der Waals surface area contributed by atoms with E-state index in [-0.39, 0.29) is 45.2 Å². The number of fused-ring (bicyclic) bond motifs is 3. The van der Waals surface area contributed by atoms with Gasteiger partial charge in [-0.2, -0.15) is 0 Å². The van der Waals surface area contributed by atoms with Crippen molar-refractivity contribution in [2.75, 3.05) is 26.2 Å². The summed E-state index contributed by atoms with van der Waals surface area (Å²) in [5, 5.41) is 21.3. The standard InChI is InChI=1S/C33H34N6O7/c40-18-17-38-29-31(43)37(20-39-23-12-7-6-11-22(23)35-36-39)16-8-2-5-13-26(41)34-19-25(21-9-3-1-4-10-21)45-32(44)27-24-14-15-33(29,46-24)28(27)30(38)42/h1-4,6-12,14-15,24-25,27-29,40H,5,13,16-20H2,(H,34,41)/b8-2-/t24-,25-,27+,28+,29-,33+/m1/s1. The van der Waals surface area contributed by atoms with Crippen LogP contribution in [0.4, 0.5) is 0 Å². The number of nitrogens with zero attached hydrogens (tertiary/aromatic N) is 5. The minimum absolute atomic E-state index is 0.0138. The third-order valence-electron chi connectivity index (χ3n) is 9.20. The van der Waals surface area contributed by atoms with Gasteiger partial charge in [0.1, 0.15) is 35.9 Å². The molecule has 2 saturated heterocycles. The summed E-state index contributed by atoms with van der Waals surface area (Å²) in [6, 6.07) is 15.3. The normalized spacial score (nSPS) is 30.5. The molecule has 1 spiro atoms. The van der Waals surface area contributed by atoms with Crippen LogP contribution in [0.5, 0.6) is 0 Å². The summed E-state index contributed by atoms with van der Waals surface area (Å²) in [4.78, 5) is 58.3. The van der Waals surface area contributed by atoms with Crippen molar-refractivity contribution in [3.8, 4) is 0 Å². The molecular formula is C33H34N6O7. The van der Waals surface area contributed by atoms with Crippen molar-refractivity contribution in [2.24, 2.45) is 11.8 Å². The van der Waals surface area contributed by atoms with Crippen LogP contribution in [-0.4, -0.2) is 97.6 Å². The van der Waals surface area contributed by atoms with Gasteiger partial charge in [-0.15, -0.1) is 5.10 Å². The molecule has 0 saturated carbocycles. The summed E-state index contributed by atoms with van der Waals surface area (Å²) in [6.07, 6.45) is 6.07. The summed E-state index contributed by atoms with van der Waals surface area (Å²) in [5.41, 5.74) is 0.634. The van der Waals surface area contributed by atoms with E-state index >= 15 is 0 Å². The molecule has 0 radical (unpaired) electrons. The Labute approximate surface area is 264 Å². The zero-order valence-electron chi connectivity index (χ0n) is 25.0. The molecule has 3 aromatic rings. The van der Waals surface area contributed by atoms with Crippen LogP contribution in [0.25, 0.3) is 11.0 Å². The first kappa shape index (κ1) is 29.8. The number of β-amino-alcohol motifs (C(OH)–C–C–N with tert-alkyl or cyclic N) is 1. The van der Waals surface area contributed by atoms with Crippen LogP contribution in [0.1, 0.15) is 24.5 Å². The Morgan fingerprint density at radius 1 is 1.00 bits per heavy atom. The number of carbonyl (C=O) groups is 4. The van der Waals surface area contributed by atoms with Gasteiger partial charge in [0.25, 0.3) is 5.91 Å². The van der Waals surface area contributed by atoms with Crippen LogP contribution < -0.4 is 5.32 Å². The first-order valence-corrected chi connectivity index (χ1v) is 15.4. The second-order valence-electron chi connectivity index (χ2n) is 11.9. The van der Waals surface area contributed by atoms with Gasteiger partial charge in [-0.05, 0) is 24.1 Å². The Bertz CT molecular complexity index is 1720. The van der Waals surface area contributed by atoms with Gasteiger partial charge in [-0.25, -0.2) is 4.68 Å². The molecule has 1 aromatic heterocycles. The van der Waals surface area contributed by atoms with Crippen LogP contribution in [0.15, 0.2) is 78.9 Å². The smallest absolute Gasteiger partial charge is 0.313 e. The van der Waals surface area contributed by atoms with Gasteiger partial charge in [-0.3, -0.25) is 19.2 Å². The first-order valence-electron chi connectivity index (χ1n) is 15.4. The van der Waals surface area contributed by atoms with Crippen LogP contribution >= 0.6 is 0 Å². The van der Waals surface area contributed by atoms with E-state index in [1.807, 2.05) is 48.5 Å². The van der Waals surface area contributed by atoms with Crippen LogP contribution in [0.3, 0.4) is 0 Å². The third kappa shape index (κ3) is 5.05. The number of esters is 1. The minimum Gasteiger partial charge on any atom is -0.455 e. The molecule has 2 aromatic carbocycles. The molecule has 2 fully saturated rings.